The normalized spacial score (nSPS) is 11.2. The molecule has 6 heteroatoms. The van der Waals surface area contributed by atoms with Crippen molar-refractivity contribution in [3.05, 3.63) is 61.9 Å². The first kappa shape index (κ1) is 18.4. The van der Waals surface area contributed by atoms with Crippen molar-refractivity contribution < 1.29 is 9.31 Å². The van der Waals surface area contributed by atoms with Crippen LogP contribution in [0.1, 0.15) is 50.7 Å². The largest absolute Gasteiger partial charge is 0.348 e. The molecule has 0 radical (unpaired) electrons. The monoisotopic (exact) mass is 394 g/mol. The van der Waals surface area contributed by atoms with Gasteiger partial charge in [-0.2, -0.15) is 0 Å². The highest BCUT2D eigenvalue weighted by Crippen LogP contribution is 2.41. The Labute approximate surface area is 149 Å². The molecule has 128 valence electrons. The number of anilines is 2. The van der Waals surface area contributed by atoms with Crippen LogP contribution in [-0.2, 0) is 0 Å². The van der Waals surface area contributed by atoms with Crippen molar-refractivity contribution in [2.75, 3.05) is 5.32 Å². The molecule has 0 spiro atoms. The maximum atomic E-state index is 13.9. The van der Waals surface area contributed by atoms with Crippen LogP contribution in [0.2, 0.25) is 0 Å². The number of nitro benzene ring substituents is 1. The lowest BCUT2D eigenvalue weighted by atomic mass is 9.92. The van der Waals surface area contributed by atoms with E-state index < -0.39 is 10.7 Å². The van der Waals surface area contributed by atoms with Gasteiger partial charge in [-0.1, -0.05) is 45.9 Å². The molecule has 24 heavy (non-hydrogen) atoms. The number of hydrogen-bond acceptors (Lipinski definition) is 3. The van der Waals surface area contributed by atoms with E-state index in [1.807, 2.05) is 18.2 Å². The number of benzene rings is 2. The zero-order valence-electron chi connectivity index (χ0n) is 14.1. The Bertz CT molecular complexity index is 750. The molecule has 4 nitrogen and oxygen atoms in total. The van der Waals surface area contributed by atoms with Gasteiger partial charge in [-0.25, -0.2) is 4.39 Å². The Morgan fingerprint density at radius 1 is 1.04 bits per heavy atom. The molecule has 0 saturated heterocycles. The van der Waals surface area contributed by atoms with Crippen molar-refractivity contribution in [1.82, 2.24) is 0 Å². The molecule has 0 aliphatic rings. The second-order valence-electron chi connectivity index (χ2n) is 6.26. The lowest BCUT2D eigenvalue weighted by Gasteiger charge is -2.21. The molecule has 0 heterocycles. The Morgan fingerprint density at radius 3 is 2.04 bits per heavy atom. The van der Waals surface area contributed by atoms with E-state index in [1.54, 1.807) is 0 Å². The van der Waals surface area contributed by atoms with Crippen LogP contribution in [0.4, 0.5) is 21.5 Å². The summed E-state index contributed by atoms with van der Waals surface area (Å²) < 4.78 is 14.0. The van der Waals surface area contributed by atoms with Crippen LogP contribution in [-0.4, -0.2) is 4.92 Å². The fourth-order valence-electron chi connectivity index (χ4n) is 2.63. The average molecular weight is 395 g/mol. The van der Waals surface area contributed by atoms with Gasteiger partial charge in [-0.05, 0) is 45.0 Å². The fraction of sp³-hybridized carbons (Fsp3) is 0.333. The molecular weight excluding hydrogens is 375 g/mol. The Kier molecular flexibility index (Phi) is 5.59. The summed E-state index contributed by atoms with van der Waals surface area (Å²) in [6.07, 6.45) is 0. The van der Waals surface area contributed by atoms with Crippen LogP contribution in [0.15, 0.2) is 34.8 Å². The summed E-state index contributed by atoms with van der Waals surface area (Å²) in [7, 11) is 0. The van der Waals surface area contributed by atoms with Crippen LogP contribution in [0.25, 0.3) is 0 Å². The third-order valence-corrected chi connectivity index (χ3v) is 4.67. The minimum Gasteiger partial charge on any atom is -0.348 e. The van der Waals surface area contributed by atoms with Gasteiger partial charge in [0.1, 0.15) is 11.5 Å². The van der Waals surface area contributed by atoms with Crippen molar-refractivity contribution in [3.63, 3.8) is 0 Å². The van der Waals surface area contributed by atoms with Gasteiger partial charge in [-0.15, -0.1) is 0 Å². The highest BCUT2D eigenvalue weighted by Gasteiger charge is 2.23. The van der Waals surface area contributed by atoms with Crippen molar-refractivity contribution in [3.8, 4) is 0 Å². The van der Waals surface area contributed by atoms with Crippen molar-refractivity contribution >= 4 is 33.0 Å². The van der Waals surface area contributed by atoms with Gasteiger partial charge in [-0.3, -0.25) is 10.1 Å². The average Bonchev–Trinajstić information content (AvgIpc) is 2.51. The number of nitrogens with zero attached hydrogens (tertiary/aromatic N) is 1. The molecule has 0 bridgehead atoms. The molecule has 0 aliphatic heterocycles. The van der Waals surface area contributed by atoms with E-state index in [1.165, 1.54) is 6.07 Å². The van der Waals surface area contributed by atoms with E-state index >= 15 is 0 Å². The first-order chi connectivity index (χ1) is 11.2. The van der Waals surface area contributed by atoms with Crippen LogP contribution >= 0.6 is 15.9 Å². The number of para-hydroxylation sites is 1. The zero-order valence-corrected chi connectivity index (χ0v) is 15.6. The van der Waals surface area contributed by atoms with Gasteiger partial charge in [0, 0.05) is 11.8 Å². The zero-order chi connectivity index (χ0) is 18.0. The van der Waals surface area contributed by atoms with Crippen LogP contribution < -0.4 is 5.32 Å². The van der Waals surface area contributed by atoms with E-state index in [9.17, 15) is 14.5 Å². The summed E-state index contributed by atoms with van der Waals surface area (Å²) in [5.41, 5.74) is 2.83. The Morgan fingerprint density at radius 2 is 1.58 bits per heavy atom. The minimum atomic E-state index is -0.545. The van der Waals surface area contributed by atoms with Gasteiger partial charge < -0.3 is 5.32 Å². The minimum absolute atomic E-state index is 0.0602. The smallest absolute Gasteiger partial charge is 0.294 e. The quantitative estimate of drug-likeness (QED) is 0.465. The summed E-state index contributed by atoms with van der Waals surface area (Å²) in [5, 5.41) is 14.5. The van der Waals surface area contributed by atoms with E-state index in [0.717, 1.165) is 22.9 Å². The molecule has 2 rings (SSSR count). The first-order valence-corrected chi connectivity index (χ1v) is 8.55. The first-order valence-electron chi connectivity index (χ1n) is 7.76. The number of rotatable bonds is 5. The van der Waals surface area contributed by atoms with Crippen molar-refractivity contribution in [2.24, 2.45) is 0 Å². The lowest BCUT2D eigenvalue weighted by molar-refractivity contribution is -0.384. The molecule has 0 aliphatic carbocycles. The van der Waals surface area contributed by atoms with Crippen LogP contribution in [0.3, 0.4) is 0 Å². The molecule has 0 atom stereocenters. The van der Waals surface area contributed by atoms with Crippen molar-refractivity contribution in [1.29, 1.82) is 0 Å². The Balaban J connectivity index is 2.68. The molecule has 2 aromatic carbocycles. The van der Waals surface area contributed by atoms with Gasteiger partial charge >= 0.3 is 0 Å². The maximum absolute atomic E-state index is 13.9. The number of hydrogen-bond donors (Lipinski definition) is 1. The second kappa shape index (κ2) is 7.30. The van der Waals surface area contributed by atoms with E-state index in [4.69, 9.17) is 0 Å². The maximum Gasteiger partial charge on any atom is 0.294 e. The summed E-state index contributed by atoms with van der Waals surface area (Å²) in [4.78, 5) is 10.8. The van der Waals surface area contributed by atoms with E-state index in [2.05, 4.69) is 48.9 Å². The van der Waals surface area contributed by atoms with Gasteiger partial charge in [0.2, 0.25) is 0 Å². The molecule has 1 N–H and O–H groups in total. The summed E-state index contributed by atoms with van der Waals surface area (Å²) >= 11 is 3.14. The van der Waals surface area contributed by atoms with Crippen LogP contribution in [0, 0.1) is 15.9 Å². The lowest BCUT2D eigenvalue weighted by Crippen LogP contribution is -2.06. The summed E-state index contributed by atoms with van der Waals surface area (Å²) in [6.45, 7) is 8.22. The SMILES string of the molecule is CC(C)c1cccc(C(C)C)c1Nc1c([N+](=O)[O-])ccc(F)c1Br. The molecule has 0 fully saturated rings. The molecule has 0 saturated carbocycles. The number of halogens is 2. The van der Waals surface area contributed by atoms with E-state index in [0.29, 0.717) is 0 Å². The van der Waals surface area contributed by atoms with E-state index in [-0.39, 0.29) is 27.7 Å². The topological polar surface area (TPSA) is 55.2 Å². The van der Waals surface area contributed by atoms with Crippen molar-refractivity contribution in [2.45, 2.75) is 39.5 Å². The number of nitrogens with one attached hydrogen (secondary N) is 1. The molecule has 0 aromatic heterocycles. The highest BCUT2D eigenvalue weighted by molar-refractivity contribution is 9.10. The molecule has 0 unspecified atom stereocenters. The van der Waals surface area contributed by atoms with Gasteiger partial charge in [0.05, 0.1) is 9.40 Å². The Hall–Kier alpha value is -1.95. The van der Waals surface area contributed by atoms with Gasteiger partial charge in [0.25, 0.3) is 5.69 Å². The predicted octanol–water partition coefficient (Wildman–Crippen LogP) is 6.49. The molecule has 2 aromatic rings. The van der Waals surface area contributed by atoms with Crippen LogP contribution in [0.5, 0.6) is 0 Å². The predicted molar refractivity (Wildman–Crippen MR) is 98.7 cm³/mol. The summed E-state index contributed by atoms with van der Waals surface area (Å²) in [6, 6.07) is 8.21. The fourth-order valence-corrected chi connectivity index (χ4v) is 3.07. The highest BCUT2D eigenvalue weighted by atomic mass is 79.9. The molecule has 0 amide bonds. The third-order valence-electron chi connectivity index (χ3n) is 3.89. The van der Waals surface area contributed by atoms with Gasteiger partial charge in [0.15, 0.2) is 0 Å². The molecular formula is C18H20BrFN2O2. The second-order valence-corrected chi connectivity index (χ2v) is 7.05. The number of nitro groups is 1. The third kappa shape index (κ3) is 3.59. The summed E-state index contributed by atoms with van der Waals surface area (Å²) in [5.74, 6) is -0.105. The standard InChI is InChI=1S/C18H20BrFN2O2/c1-10(2)12-6-5-7-13(11(3)4)17(12)21-18-15(22(23)24)9-8-14(20)16(18)19/h5-11,21H,1-4H3.